The lowest BCUT2D eigenvalue weighted by Crippen LogP contribution is -2.32. The van der Waals surface area contributed by atoms with Crippen molar-refractivity contribution in [2.45, 2.75) is 12.5 Å². The van der Waals surface area contributed by atoms with E-state index in [0.717, 1.165) is 4.90 Å². The monoisotopic (exact) mass is 263 g/mol. The molecule has 0 spiro atoms. The van der Waals surface area contributed by atoms with Crippen molar-refractivity contribution in [2.24, 2.45) is 0 Å². The van der Waals surface area contributed by atoms with E-state index >= 15 is 0 Å². The van der Waals surface area contributed by atoms with Crippen LogP contribution in [0.25, 0.3) is 0 Å². The lowest BCUT2D eigenvalue weighted by Gasteiger charge is -2.14. The quantitative estimate of drug-likeness (QED) is 0.528. The highest BCUT2D eigenvalue weighted by molar-refractivity contribution is 6.07. The van der Waals surface area contributed by atoms with Crippen LogP contribution in [-0.4, -0.2) is 40.9 Å². The number of imide groups is 1. The van der Waals surface area contributed by atoms with Gasteiger partial charge in [-0.25, -0.2) is 4.79 Å². The number of hydrogen-bond donors (Lipinski definition) is 3. The molecule has 1 aromatic rings. The van der Waals surface area contributed by atoms with Crippen LogP contribution in [0.1, 0.15) is 16.8 Å². The first-order valence-electron chi connectivity index (χ1n) is 5.60. The number of rotatable bonds is 3. The van der Waals surface area contributed by atoms with Crippen LogP contribution in [0.2, 0.25) is 0 Å². The summed E-state index contributed by atoms with van der Waals surface area (Å²) in [4.78, 5) is 35.2. The number of carbonyl (C=O) groups is 3. The second kappa shape index (κ2) is 4.60. The van der Waals surface area contributed by atoms with E-state index in [1.165, 1.54) is 25.2 Å². The summed E-state index contributed by atoms with van der Waals surface area (Å²) in [6.07, 6.45) is 0.00317. The van der Waals surface area contributed by atoms with Gasteiger partial charge >= 0.3 is 5.97 Å². The Kier molecular flexibility index (Phi) is 3.12. The fourth-order valence-corrected chi connectivity index (χ4v) is 1.92. The molecule has 1 heterocycles. The Labute approximate surface area is 109 Å². The Morgan fingerprint density at radius 2 is 2.16 bits per heavy atom. The van der Waals surface area contributed by atoms with Crippen LogP contribution in [0, 0.1) is 0 Å². The lowest BCUT2D eigenvalue weighted by molar-refractivity contribution is -0.136. The van der Waals surface area contributed by atoms with E-state index in [2.05, 4.69) is 5.32 Å². The molecule has 0 bridgehead atoms. The number of carboxylic acids is 1. The van der Waals surface area contributed by atoms with Crippen LogP contribution in [0.3, 0.4) is 0 Å². The number of nitrogen functional groups attached to an aromatic ring is 1. The van der Waals surface area contributed by atoms with Crippen LogP contribution in [0.5, 0.6) is 0 Å². The average molecular weight is 263 g/mol. The third kappa shape index (κ3) is 2.35. The molecule has 2 amide bonds. The first kappa shape index (κ1) is 12.9. The van der Waals surface area contributed by atoms with E-state index < -0.39 is 12.0 Å². The van der Waals surface area contributed by atoms with Gasteiger partial charge in [-0.2, -0.15) is 0 Å². The molecule has 1 saturated heterocycles. The molecule has 19 heavy (non-hydrogen) atoms. The van der Waals surface area contributed by atoms with Crippen molar-refractivity contribution in [1.82, 2.24) is 4.90 Å². The van der Waals surface area contributed by atoms with Gasteiger partial charge in [0.05, 0.1) is 17.7 Å². The molecule has 7 heteroatoms. The van der Waals surface area contributed by atoms with E-state index in [1.807, 2.05) is 0 Å². The number of amides is 2. The summed E-state index contributed by atoms with van der Waals surface area (Å²) in [5.74, 6) is -1.82. The summed E-state index contributed by atoms with van der Waals surface area (Å²) in [5.41, 5.74) is 6.20. The number of nitrogens with zero attached hydrogens (tertiary/aromatic N) is 1. The topological polar surface area (TPSA) is 113 Å². The van der Waals surface area contributed by atoms with Crippen molar-refractivity contribution >= 4 is 29.2 Å². The molecular formula is C12H13N3O4. The molecule has 1 aliphatic heterocycles. The van der Waals surface area contributed by atoms with Crippen molar-refractivity contribution in [3.05, 3.63) is 23.8 Å². The molecule has 1 atom stereocenters. The highest BCUT2D eigenvalue weighted by Crippen LogP contribution is 2.23. The number of nitrogens with one attached hydrogen (secondary N) is 1. The number of aromatic carboxylic acids is 1. The van der Waals surface area contributed by atoms with Gasteiger partial charge in [-0.15, -0.1) is 0 Å². The standard InChI is InChI=1S/C12H13N3O4/c1-15-10(16)5-9(11(15)17)14-8-4-6(13)2-3-7(8)12(18)19/h2-4,9,14H,5,13H2,1H3,(H,18,19). The fraction of sp³-hybridized carbons (Fsp3) is 0.250. The number of benzene rings is 1. The van der Waals surface area contributed by atoms with Crippen molar-refractivity contribution < 1.29 is 19.5 Å². The molecule has 4 N–H and O–H groups in total. The number of hydrogen-bond acceptors (Lipinski definition) is 5. The maximum absolute atomic E-state index is 11.8. The smallest absolute Gasteiger partial charge is 0.337 e. The Hall–Kier alpha value is -2.57. The van der Waals surface area contributed by atoms with Gasteiger partial charge in [-0.05, 0) is 18.2 Å². The zero-order chi connectivity index (χ0) is 14.2. The average Bonchev–Trinajstić information content (AvgIpc) is 2.57. The number of nitrogens with two attached hydrogens (primary N) is 1. The molecule has 0 radical (unpaired) electrons. The molecule has 1 unspecified atom stereocenters. The molecular weight excluding hydrogens is 250 g/mol. The molecule has 0 saturated carbocycles. The summed E-state index contributed by atoms with van der Waals surface area (Å²) in [7, 11) is 1.39. The number of carboxylic acid groups (broad SMARTS) is 1. The lowest BCUT2D eigenvalue weighted by atomic mass is 10.1. The first-order valence-corrected chi connectivity index (χ1v) is 5.60. The van der Waals surface area contributed by atoms with Crippen LogP contribution in [-0.2, 0) is 9.59 Å². The summed E-state index contributed by atoms with van der Waals surface area (Å²) in [6.45, 7) is 0. The zero-order valence-corrected chi connectivity index (χ0v) is 10.2. The Balaban J connectivity index is 2.29. The van der Waals surface area contributed by atoms with Gasteiger partial charge in [0.25, 0.3) is 5.91 Å². The van der Waals surface area contributed by atoms with Crippen molar-refractivity contribution in [3.8, 4) is 0 Å². The van der Waals surface area contributed by atoms with E-state index in [0.29, 0.717) is 5.69 Å². The minimum absolute atomic E-state index is 0.00317. The maximum atomic E-state index is 11.8. The van der Waals surface area contributed by atoms with E-state index in [1.54, 1.807) is 0 Å². The molecule has 2 rings (SSSR count). The molecule has 100 valence electrons. The normalized spacial score (nSPS) is 18.8. The molecule has 0 aliphatic carbocycles. The molecule has 0 aromatic heterocycles. The van der Waals surface area contributed by atoms with Crippen molar-refractivity contribution in [2.75, 3.05) is 18.1 Å². The fourth-order valence-electron chi connectivity index (χ4n) is 1.92. The highest BCUT2D eigenvalue weighted by Gasteiger charge is 2.36. The van der Waals surface area contributed by atoms with Crippen LogP contribution in [0.4, 0.5) is 11.4 Å². The van der Waals surface area contributed by atoms with Gasteiger partial charge in [0, 0.05) is 12.7 Å². The predicted octanol–water partition coefficient (Wildman–Crippen LogP) is 0.136. The first-order chi connectivity index (χ1) is 8.90. The van der Waals surface area contributed by atoms with Crippen molar-refractivity contribution in [3.63, 3.8) is 0 Å². The van der Waals surface area contributed by atoms with E-state index in [9.17, 15) is 14.4 Å². The SMILES string of the molecule is CN1C(=O)CC(Nc2cc(N)ccc2C(=O)O)C1=O. The van der Waals surface area contributed by atoms with E-state index in [4.69, 9.17) is 10.8 Å². The van der Waals surface area contributed by atoms with Crippen LogP contribution in [0.15, 0.2) is 18.2 Å². The van der Waals surface area contributed by atoms with E-state index in [-0.39, 0.29) is 29.5 Å². The van der Waals surface area contributed by atoms with Gasteiger partial charge in [-0.1, -0.05) is 0 Å². The van der Waals surface area contributed by atoms with Crippen molar-refractivity contribution in [1.29, 1.82) is 0 Å². The largest absolute Gasteiger partial charge is 0.478 e. The number of likely N-dealkylation sites (N-methyl/N-ethyl adjacent to an activating group) is 1. The number of likely N-dealkylation sites (tertiary alicyclic amines) is 1. The summed E-state index contributed by atoms with van der Waals surface area (Å²) in [6, 6.07) is 3.49. The maximum Gasteiger partial charge on any atom is 0.337 e. The second-order valence-corrected chi connectivity index (χ2v) is 4.30. The summed E-state index contributed by atoms with van der Waals surface area (Å²) < 4.78 is 0. The highest BCUT2D eigenvalue weighted by atomic mass is 16.4. The van der Waals surface area contributed by atoms with Gasteiger partial charge in [-0.3, -0.25) is 14.5 Å². The van der Waals surface area contributed by atoms with Crippen LogP contribution < -0.4 is 11.1 Å². The summed E-state index contributed by atoms with van der Waals surface area (Å²) in [5, 5.41) is 11.8. The van der Waals surface area contributed by atoms with Gasteiger partial charge < -0.3 is 16.2 Å². The Bertz CT molecular complexity index is 570. The van der Waals surface area contributed by atoms with Crippen LogP contribution >= 0.6 is 0 Å². The van der Waals surface area contributed by atoms with Gasteiger partial charge in [0.15, 0.2) is 0 Å². The number of carbonyl (C=O) groups excluding carboxylic acids is 2. The minimum atomic E-state index is -1.13. The Morgan fingerprint density at radius 1 is 1.47 bits per heavy atom. The zero-order valence-electron chi connectivity index (χ0n) is 10.2. The molecule has 1 aromatic carbocycles. The third-order valence-corrected chi connectivity index (χ3v) is 2.99. The van der Waals surface area contributed by atoms with Gasteiger partial charge in [0.1, 0.15) is 6.04 Å². The second-order valence-electron chi connectivity index (χ2n) is 4.30. The minimum Gasteiger partial charge on any atom is -0.478 e. The predicted molar refractivity (Wildman–Crippen MR) is 67.6 cm³/mol. The number of anilines is 2. The molecule has 1 aliphatic rings. The third-order valence-electron chi connectivity index (χ3n) is 2.99. The molecule has 1 fully saturated rings. The summed E-state index contributed by atoms with van der Waals surface area (Å²) >= 11 is 0. The Morgan fingerprint density at radius 3 is 2.68 bits per heavy atom. The van der Waals surface area contributed by atoms with Gasteiger partial charge in [0.2, 0.25) is 5.91 Å². The molecule has 7 nitrogen and oxygen atoms in total.